The van der Waals surface area contributed by atoms with Gasteiger partial charge in [0.25, 0.3) is 5.91 Å². The Morgan fingerprint density at radius 2 is 2.22 bits per heavy atom. The topological polar surface area (TPSA) is 89.1 Å². The molecule has 0 bridgehead atoms. The van der Waals surface area contributed by atoms with Gasteiger partial charge in [0, 0.05) is 13.1 Å². The number of carbonyl (C=O) groups is 1. The van der Waals surface area contributed by atoms with Gasteiger partial charge in [-0.05, 0) is 43.5 Å². The molecule has 1 unspecified atom stereocenters. The molecule has 1 amide bonds. The van der Waals surface area contributed by atoms with Crippen molar-refractivity contribution in [2.75, 3.05) is 13.1 Å². The van der Waals surface area contributed by atoms with Crippen molar-refractivity contribution in [3.63, 3.8) is 0 Å². The monoisotopic (exact) mass is 370 g/mol. The highest BCUT2D eigenvalue weighted by Gasteiger charge is 2.29. The highest BCUT2D eigenvalue weighted by Crippen LogP contribution is 2.26. The van der Waals surface area contributed by atoms with Crippen molar-refractivity contribution in [3.8, 4) is 11.4 Å². The van der Waals surface area contributed by atoms with Crippen LogP contribution in [-0.4, -0.2) is 53.5 Å². The Morgan fingerprint density at radius 1 is 1.37 bits per heavy atom. The number of likely N-dealkylation sites (tertiary alicyclic amines) is 1. The number of aromatic hydroxyl groups is 1. The molecule has 3 aromatic rings. The Morgan fingerprint density at radius 3 is 2.96 bits per heavy atom. The minimum absolute atomic E-state index is 0.0158. The molecule has 1 N–H and O–H groups in total. The van der Waals surface area contributed by atoms with Gasteiger partial charge in [-0.3, -0.25) is 4.79 Å². The van der Waals surface area contributed by atoms with Crippen molar-refractivity contribution >= 4 is 5.91 Å². The molecule has 0 radical (unpaired) electrons. The number of rotatable bonds is 3. The van der Waals surface area contributed by atoms with Gasteiger partial charge in [0.05, 0.1) is 17.9 Å². The molecular formula is C18H19FN6O2. The molecule has 1 atom stereocenters. The van der Waals surface area contributed by atoms with E-state index in [2.05, 4.69) is 15.2 Å². The second kappa shape index (κ2) is 6.82. The van der Waals surface area contributed by atoms with E-state index in [0.29, 0.717) is 24.3 Å². The predicted molar refractivity (Wildman–Crippen MR) is 94.1 cm³/mol. The van der Waals surface area contributed by atoms with Gasteiger partial charge in [-0.1, -0.05) is 0 Å². The molecule has 0 aliphatic carbocycles. The quantitative estimate of drug-likeness (QED) is 0.763. The third-order valence-corrected chi connectivity index (χ3v) is 4.80. The maximum atomic E-state index is 13.3. The van der Waals surface area contributed by atoms with Gasteiger partial charge >= 0.3 is 0 Å². The molecule has 1 saturated heterocycles. The zero-order valence-electron chi connectivity index (χ0n) is 14.8. The van der Waals surface area contributed by atoms with Crippen LogP contribution in [0.4, 0.5) is 4.39 Å². The van der Waals surface area contributed by atoms with E-state index in [-0.39, 0.29) is 29.2 Å². The molecule has 27 heavy (non-hydrogen) atoms. The predicted octanol–water partition coefficient (Wildman–Crippen LogP) is 2.09. The molecule has 1 aliphatic heterocycles. The highest BCUT2D eigenvalue weighted by molar-refractivity contribution is 5.95. The van der Waals surface area contributed by atoms with Crippen LogP contribution in [0.15, 0.2) is 37.1 Å². The lowest BCUT2D eigenvalue weighted by molar-refractivity contribution is 0.0663. The van der Waals surface area contributed by atoms with Crippen molar-refractivity contribution in [3.05, 3.63) is 54.1 Å². The molecule has 140 valence electrons. The van der Waals surface area contributed by atoms with Crippen molar-refractivity contribution in [2.45, 2.75) is 25.8 Å². The minimum atomic E-state index is -0.351. The number of benzene rings is 1. The first-order valence-corrected chi connectivity index (χ1v) is 8.71. The molecule has 9 heteroatoms. The summed E-state index contributed by atoms with van der Waals surface area (Å²) in [7, 11) is 0. The fraction of sp³-hybridized carbons (Fsp3) is 0.333. The number of carbonyl (C=O) groups excluding carboxylic acids is 1. The molecule has 1 aliphatic rings. The number of aromatic nitrogens is 5. The molecular weight excluding hydrogens is 351 g/mol. The summed E-state index contributed by atoms with van der Waals surface area (Å²) in [5.74, 6) is -0.890. The maximum absolute atomic E-state index is 13.3. The van der Waals surface area contributed by atoms with Gasteiger partial charge in [0.15, 0.2) is 11.4 Å². The van der Waals surface area contributed by atoms with E-state index in [1.165, 1.54) is 29.3 Å². The maximum Gasteiger partial charge on any atom is 0.278 e. The zero-order valence-corrected chi connectivity index (χ0v) is 14.8. The highest BCUT2D eigenvalue weighted by atomic mass is 19.1. The van der Waals surface area contributed by atoms with Crippen LogP contribution >= 0.6 is 0 Å². The van der Waals surface area contributed by atoms with Gasteiger partial charge in [0.1, 0.15) is 18.5 Å². The molecule has 0 spiro atoms. The van der Waals surface area contributed by atoms with Crippen LogP contribution in [0.2, 0.25) is 0 Å². The molecule has 1 aromatic carbocycles. The molecule has 8 nitrogen and oxygen atoms in total. The minimum Gasteiger partial charge on any atom is -0.504 e. The number of aryl methyl sites for hydroxylation is 1. The fourth-order valence-electron chi connectivity index (χ4n) is 3.43. The molecule has 4 rings (SSSR count). The third kappa shape index (κ3) is 3.27. The van der Waals surface area contributed by atoms with Gasteiger partial charge in [-0.25, -0.2) is 18.7 Å². The van der Waals surface area contributed by atoms with Gasteiger partial charge < -0.3 is 10.0 Å². The summed E-state index contributed by atoms with van der Waals surface area (Å²) < 4.78 is 16.5. The normalized spacial score (nSPS) is 17.3. The van der Waals surface area contributed by atoms with Crippen molar-refractivity contribution in [2.24, 2.45) is 0 Å². The van der Waals surface area contributed by atoms with E-state index < -0.39 is 0 Å². The standard InChI is InChI=1S/C18H19FN6O2/c1-12-7-13(19)4-5-15(12)24-9-16(26)17(22-24)18(27)23-6-2-3-14(8-23)25-11-20-10-21-25/h4-5,7,9-11,14,26H,2-3,6,8H2,1H3. The number of hydrogen-bond acceptors (Lipinski definition) is 5. The van der Waals surface area contributed by atoms with E-state index in [0.717, 1.165) is 12.8 Å². The van der Waals surface area contributed by atoms with Crippen molar-refractivity contribution in [1.29, 1.82) is 0 Å². The summed E-state index contributed by atoms with van der Waals surface area (Å²) in [4.78, 5) is 18.5. The average molecular weight is 370 g/mol. The van der Waals surface area contributed by atoms with Crippen molar-refractivity contribution < 1.29 is 14.3 Å². The van der Waals surface area contributed by atoms with E-state index in [9.17, 15) is 14.3 Å². The Bertz CT molecular complexity index is 968. The van der Waals surface area contributed by atoms with Crippen LogP contribution in [0.25, 0.3) is 5.69 Å². The lowest BCUT2D eigenvalue weighted by Crippen LogP contribution is -2.41. The SMILES string of the molecule is Cc1cc(F)ccc1-n1cc(O)c(C(=O)N2CCCC(n3cncn3)C2)n1. The zero-order chi connectivity index (χ0) is 19.0. The number of piperidine rings is 1. The van der Waals surface area contributed by atoms with E-state index in [4.69, 9.17) is 0 Å². The molecule has 2 aromatic heterocycles. The Balaban J connectivity index is 1.58. The Labute approximate surface area is 154 Å². The van der Waals surface area contributed by atoms with Gasteiger partial charge in [-0.15, -0.1) is 0 Å². The van der Waals surface area contributed by atoms with Crippen LogP contribution in [0.3, 0.4) is 0 Å². The lowest BCUT2D eigenvalue weighted by Gasteiger charge is -2.32. The van der Waals surface area contributed by atoms with E-state index in [1.807, 2.05) is 0 Å². The summed E-state index contributed by atoms with van der Waals surface area (Å²) in [5, 5.41) is 18.7. The van der Waals surface area contributed by atoms with Gasteiger partial charge in [0.2, 0.25) is 0 Å². The first-order valence-electron chi connectivity index (χ1n) is 8.71. The van der Waals surface area contributed by atoms with Crippen LogP contribution in [0.1, 0.15) is 34.9 Å². The second-order valence-corrected chi connectivity index (χ2v) is 6.66. The summed E-state index contributed by atoms with van der Waals surface area (Å²) in [6.45, 7) is 2.81. The van der Waals surface area contributed by atoms with E-state index in [1.54, 1.807) is 28.9 Å². The van der Waals surface area contributed by atoms with Crippen LogP contribution in [0.5, 0.6) is 5.75 Å². The summed E-state index contributed by atoms with van der Waals surface area (Å²) in [5.41, 5.74) is 1.24. The summed E-state index contributed by atoms with van der Waals surface area (Å²) in [6, 6.07) is 4.31. The summed E-state index contributed by atoms with van der Waals surface area (Å²) in [6.07, 6.45) is 6.21. The number of hydrogen-bond donors (Lipinski definition) is 1. The second-order valence-electron chi connectivity index (χ2n) is 6.66. The summed E-state index contributed by atoms with van der Waals surface area (Å²) >= 11 is 0. The van der Waals surface area contributed by atoms with E-state index >= 15 is 0 Å². The van der Waals surface area contributed by atoms with Crippen LogP contribution < -0.4 is 0 Å². The largest absolute Gasteiger partial charge is 0.504 e. The molecule has 3 heterocycles. The lowest BCUT2D eigenvalue weighted by atomic mass is 10.1. The number of halogens is 1. The third-order valence-electron chi connectivity index (χ3n) is 4.80. The Kier molecular flexibility index (Phi) is 4.35. The molecule has 1 fully saturated rings. The number of amides is 1. The number of nitrogens with zero attached hydrogens (tertiary/aromatic N) is 6. The Hall–Kier alpha value is -3.23. The first-order chi connectivity index (χ1) is 13.0. The first kappa shape index (κ1) is 17.2. The van der Waals surface area contributed by atoms with Gasteiger partial charge in [-0.2, -0.15) is 10.2 Å². The van der Waals surface area contributed by atoms with Crippen LogP contribution in [-0.2, 0) is 0 Å². The smallest absolute Gasteiger partial charge is 0.278 e. The van der Waals surface area contributed by atoms with Crippen LogP contribution in [0, 0.1) is 12.7 Å². The van der Waals surface area contributed by atoms with Crippen molar-refractivity contribution in [1.82, 2.24) is 29.4 Å². The average Bonchev–Trinajstić information content (AvgIpc) is 3.31. The molecule has 0 saturated carbocycles. The fourth-order valence-corrected chi connectivity index (χ4v) is 3.43.